The van der Waals surface area contributed by atoms with Crippen molar-refractivity contribution in [2.75, 3.05) is 11.9 Å². The summed E-state index contributed by atoms with van der Waals surface area (Å²) in [5, 5.41) is 5.15. The molecule has 1 aromatic carbocycles. The maximum Gasteiger partial charge on any atom is 0.416 e. The number of carbonyl (C=O) groups is 1. The molecule has 7 heteroatoms. The Morgan fingerprint density at radius 2 is 2.00 bits per heavy atom. The van der Waals surface area contributed by atoms with Crippen LogP contribution in [0.15, 0.2) is 18.2 Å². The van der Waals surface area contributed by atoms with Crippen LogP contribution in [0.2, 0.25) is 0 Å². The fourth-order valence-corrected chi connectivity index (χ4v) is 1.52. The van der Waals surface area contributed by atoms with E-state index in [-0.39, 0.29) is 24.2 Å². The molecule has 0 heterocycles. The summed E-state index contributed by atoms with van der Waals surface area (Å²) in [6.07, 6.45) is -2.72. The highest BCUT2D eigenvalue weighted by atomic mass is 19.4. The molecule has 0 unspecified atom stereocenters. The van der Waals surface area contributed by atoms with E-state index in [0.717, 1.165) is 25.0 Å². The van der Waals surface area contributed by atoms with Crippen molar-refractivity contribution < 1.29 is 22.4 Å². The van der Waals surface area contributed by atoms with E-state index in [1.807, 2.05) is 0 Å². The second-order valence-electron chi connectivity index (χ2n) is 4.39. The predicted molar refractivity (Wildman–Crippen MR) is 61.1 cm³/mol. The number of amides is 1. The van der Waals surface area contributed by atoms with Crippen LogP contribution < -0.4 is 10.6 Å². The standard InChI is InChI=1S/C12H12F4N2O/c13-9-5-7(12(14,15)16)1-4-10(9)17-6-11(19)18-8-2-3-8/h1,4-5,8,17H,2-3,6H2,(H,18,19). The van der Waals surface area contributed by atoms with Gasteiger partial charge in [0.15, 0.2) is 0 Å². The molecule has 2 N–H and O–H groups in total. The van der Waals surface area contributed by atoms with E-state index in [9.17, 15) is 22.4 Å². The summed E-state index contributed by atoms with van der Waals surface area (Å²) in [4.78, 5) is 11.3. The third-order valence-corrected chi connectivity index (χ3v) is 2.68. The second-order valence-corrected chi connectivity index (χ2v) is 4.39. The minimum atomic E-state index is -4.58. The average molecular weight is 276 g/mol. The highest BCUT2D eigenvalue weighted by molar-refractivity contribution is 5.81. The maximum absolute atomic E-state index is 13.4. The van der Waals surface area contributed by atoms with Gasteiger partial charge in [0.05, 0.1) is 17.8 Å². The Kier molecular flexibility index (Phi) is 3.64. The van der Waals surface area contributed by atoms with Crippen molar-refractivity contribution in [3.63, 3.8) is 0 Å². The van der Waals surface area contributed by atoms with Gasteiger partial charge in [-0.3, -0.25) is 4.79 Å². The van der Waals surface area contributed by atoms with Crippen molar-refractivity contribution >= 4 is 11.6 Å². The second kappa shape index (κ2) is 5.07. The van der Waals surface area contributed by atoms with Crippen LogP contribution in [0.5, 0.6) is 0 Å². The first-order valence-electron chi connectivity index (χ1n) is 5.76. The topological polar surface area (TPSA) is 41.1 Å². The molecule has 0 aliphatic heterocycles. The quantitative estimate of drug-likeness (QED) is 0.830. The number of benzene rings is 1. The van der Waals surface area contributed by atoms with Crippen molar-refractivity contribution in [3.05, 3.63) is 29.6 Å². The van der Waals surface area contributed by atoms with Gasteiger partial charge in [-0.1, -0.05) is 0 Å². The fourth-order valence-electron chi connectivity index (χ4n) is 1.52. The van der Waals surface area contributed by atoms with Crippen molar-refractivity contribution in [1.82, 2.24) is 5.32 Å². The molecule has 1 saturated carbocycles. The monoisotopic (exact) mass is 276 g/mol. The lowest BCUT2D eigenvalue weighted by molar-refractivity contribution is -0.137. The van der Waals surface area contributed by atoms with Crippen molar-refractivity contribution in [2.45, 2.75) is 25.1 Å². The van der Waals surface area contributed by atoms with E-state index in [1.54, 1.807) is 0 Å². The van der Waals surface area contributed by atoms with Gasteiger partial charge in [-0.25, -0.2) is 4.39 Å². The highest BCUT2D eigenvalue weighted by Gasteiger charge is 2.31. The summed E-state index contributed by atoms with van der Waals surface area (Å²) < 4.78 is 50.4. The summed E-state index contributed by atoms with van der Waals surface area (Å²) in [5.41, 5.74) is -1.18. The molecule has 0 bridgehead atoms. The Hall–Kier alpha value is -1.79. The molecule has 2 rings (SSSR count). The van der Waals surface area contributed by atoms with E-state index >= 15 is 0 Å². The molecule has 0 aromatic heterocycles. The smallest absolute Gasteiger partial charge is 0.374 e. The SMILES string of the molecule is O=C(CNc1ccc(C(F)(F)F)cc1F)NC1CC1. The van der Waals surface area contributed by atoms with Gasteiger partial charge in [-0.15, -0.1) is 0 Å². The number of hydrogen-bond acceptors (Lipinski definition) is 2. The number of nitrogens with one attached hydrogen (secondary N) is 2. The number of hydrogen-bond donors (Lipinski definition) is 2. The Morgan fingerprint density at radius 3 is 2.53 bits per heavy atom. The molecule has 0 radical (unpaired) electrons. The average Bonchev–Trinajstić information content (AvgIpc) is 3.10. The van der Waals surface area contributed by atoms with Crippen LogP contribution in [0.3, 0.4) is 0 Å². The van der Waals surface area contributed by atoms with Gasteiger partial charge in [0, 0.05) is 6.04 Å². The number of rotatable bonds is 4. The zero-order valence-electron chi connectivity index (χ0n) is 9.85. The lowest BCUT2D eigenvalue weighted by Gasteiger charge is -2.11. The van der Waals surface area contributed by atoms with Gasteiger partial charge in [0.1, 0.15) is 5.82 Å². The Labute approximate surface area is 107 Å². The molecule has 3 nitrogen and oxygen atoms in total. The summed E-state index contributed by atoms with van der Waals surface area (Å²) in [7, 11) is 0. The zero-order valence-corrected chi connectivity index (χ0v) is 9.85. The minimum absolute atomic E-state index is 0.126. The lowest BCUT2D eigenvalue weighted by Crippen LogP contribution is -2.31. The lowest BCUT2D eigenvalue weighted by atomic mass is 10.2. The van der Waals surface area contributed by atoms with E-state index in [2.05, 4.69) is 10.6 Å². The van der Waals surface area contributed by atoms with E-state index in [0.29, 0.717) is 6.07 Å². The molecule has 0 atom stereocenters. The van der Waals surface area contributed by atoms with Crippen LogP contribution >= 0.6 is 0 Å². The largest absolute Gasteiger partial charge is 0.416 e. The first-order valence-corrected chi connectivity index (χ1v) is 5.76. The van der Waals surface area contributed by atoms with Crippen LogP contribution in [-0.2, 0) is 11.0 Å². The summed E-state index contributed by atoms with van der Waals surface area (Å²) in [6.45, 7) is -0.168. The number of anilines is 1. The Morgan fingerprint density at radius 1 is 1.32 bits per heavy atom. The molecule has 1 aliphatic carbocycles. The molecule has 0 spiro atoms. The van der Waals surface area contributed by atoms with Crippen LogP contribution in [0.1, 0.15) is 18.4 Å². The first kappa shape index (κ1) is 13.6. The molecule has 104 valence electrons. The Balaban J connectivity index is 1.94. The van der Waals surface area contributed by atoms with Gasteiger partial charge in [0.25, 0.3) is 0 Å². The zero-order chi connectivity index (χ0) is 14.0. The van der Waals surface area contributed by atoms with Gasteiger partial charge in [-0.2, -0.15) is 13.2 Å². The molecule has 1 aromatic rings. The molecule has 1 fully saturated rings. The van der Waals surface area contributed by atoms with Gasteiger partial charge in [-0.05, 0) is 31.0 Å². The minimum Gasteiger partial charge on any atom is -0.374 e. The molecule has 1 aliphatic rings. The Bertz CT molecular complexity index is 483. The van der Waals surface area contributed by atoms with Gasteiger partial charge in [0.2, 0.25) is 5.91 Å². The summed E-state index contributed by atoms with van der Waals surface area (Å²) in [5.74, 6) is -1.34. The van der Waals surface area contributed by atoms with E-state index in [1.165, 1.54) is 0 Å². The van der Waals surface area contributed by atoms with Crippen molar-refractivity contribution in [3.8, 4) is 0 Å². The maximum atomic E-state index is 13.4. The van der Waals surface area contributed by atoms with Crippen LogP contribution in [0.4, 0.5) is 23.2 Å². The van der Waals surface area contributed by atoms with Crippen molar-refractivity contribution in [1.29, 1.82) is 0 Å². The molecule has 1 amide bonds. The molecular weight excluding hydrogens is 264 g/mol. The first-order chi connectivity index (χ1) is 8.86. The van der Waals surface area contributed by atoms with E-state index < -0.39 is 17.6 Å². The van der Waals surface area contributed by atoms with Crippen molar-refractivity contribution in [2.24, 2.45) is 0 Å². The predicted octanol–water partition coefficient (Wildman–Crippen LogP) is 2.54. The fraction of sp³-hybridized carbons (Fsp3) is 0.417. The van der Waals surface area contributed by atoms with Gasteiger partial charge >= 0.3 is 6.18 Å². The number of halogens is 4. The normalized spacial score (nSPS) is 15.2. The summed E-state index contributed by atoms with van der Waals surface area (Å²) >= 11 is 0. The van der Waals surface area contributed by atoms with Crippen LogP contribution in [-0.4, -0.2) is 18.5 Å². The molecular formula is C12H12F4N2O. The third-order valence-electron chi connectivity index (χ3n) is 2.68. The van der Waals surface area contributed by atoms with Crippen LogP contribution in [0, 0.1) is 5.82 Å². The van der Waals surface area contributed by atoms with Gasteiger partial charge < -0.3 is 10.6 Å². The molecule has 0 saturated heterocycles. The number of carbonyl (C=O) groups excluding carboxylic acids is 1. The molecule has 19 heavy (non-hydrogen) atoms. The summed E-state index contributed by atoms with van der Waals surface area (Å²) in [6, 6.07) is 2.33. The van der Waals surface area contributed by atoms with Crippen LogP contribution in [0.25, 0.3) is 0 Å². The highest BCUT2D eigenvalue weighted by Crippen LogP contribution is 2.31. The number of alkyl halides is 3. The van der Waals surface area contributed by atoms with E-state index in [4.69, 9.17) is 0 Å². The third kappa shape index (κ3) is 3.84.